The highest BCUT2D eigenvalue weighted by Crippen LogP contribution is 2.16. The van der Waals surface area contributed by atoms with Crippen molar-refractivity contribution >= 4 is 17.7 Å². The molecule has 8 nitrogen and oxygen atoms in total. The second-order valence-electron chi connectivity index (χ2n) is 4.74. The molecule has 0 spiro atoms. The SMILES string of the molecule is CCNC(=O)ON=C(C(=O)C(C)(C)C)n1cncn1. The quantitative estimate of drug-likeness (QED) is 0.378. The molecule has 1 N–H and O–H groups in total. The summed E-state index contributed by atoms with van der Waals surface area (Å²) in [6.45, 7) is 7.33. The molecule has 0 aromatic carbocycles. The number of hydrogen-bond donors (Lipinski definition) is 1. The zero-order valence-corrected chi connectivity index (χ0v) is 11.4. The fourth-order valence-corrected chi connectivity index (χ4v) is 1.10. The van der Waals surface area contributed by atoms with Crippen molar-refractivity contribution in [2.75, 3.05) is 6.54 Å². The maximum atomic E-state index is 12.2. The topological polar surface area (TPSA) is 98.5 Å². The molecule has 0 radical (unpaired) electrons. The predicted molar refractivity (Wildman–Crippen MR) is 67.5 cm³/mol. The van der Waals surface area contributed by atoms with Crippen LogP contribution in [-0.2, 0) is 9.63 Å². The van der Waals surface area contributed by atoms with Gasteiger partial charge in [0.05, 0.1) is 0 Å². The number of oxime groups is 1. The summed E-state index contributed by atoms with van der Waals surface area (Å²) in [6.07, 6.45) is 1.84. The number of hydrogen-bond acceptors (Lipinski definition) is 6. The molecule has 0 aliphatic heterocycles. The Bertz CT molecular complexity index is 473. The summed E-state index contributed by atoms with van der Waals surface area (Å²) >= 11 is 0. The van der Waals surface area contributed by atoms with Gasteiger partial charge in [0.25, 0.3) is 0 Å². The first-order valence-corrected chi connectivity index (χ1v) is 5.79. The van der Waals surface area contributed by atoms with Gasteiger partial charge in [0, 0.05) is 12.0 Å². The van der Waals surface area contributed by atoms with Crippen LogP contribution < -0.4 is 5.32 Å². The Balaban J connectivity index is 2.98. The highest BCUT2D eigenvalue weighted by molar-refractivity contribution is 6.40. The largest absolute Gasteiger partial charge is 0.433 e. The van der Waals surface area contributed by atoms with E-state index in [-0.39, 0.29) is 11.6 Å². The van der Waals surface area contributed by atoms with Gasteiger partial charge in [-0.1, -0.05) is 20.8 Å². The van der Waals surface area contributed by atoms with Crippen LogP contribution in [0.3, 0.4) is 0 Å². The van der Waals surface area contributed by atoms with Gasteiger partial charge >= 0.3 is 6.09 Å². The third kappa shape index (κ3) is 4.16. The molecule has 1 amide bonds. The number of amides is 1. The second-order valence-corrected chi connectivity index (χ2v) is 4.74. The van der Waals surface area contributed by atoms with Gasteiger partial charge < -0.3 is 5.32 Å². The highest BCUT2D eigenvalue weighted by Gasteiger charge is 2.29. The van der Waals surface area contributed by atoms with Crippen LogP contribution in [0.1, 0.15) is 27.7 Å². The van der Waals surface area contributed by atoms with E-state index in [1.807, 2.05) is 0 Å². The van der Waals surface area contributed by atoms with Crippen molar-refractivity contribution in [3.63, 3.8) is 0 Å². The minimum Gasteiger partial charge on any atom is -0.320 e. The van der Waals surface area contributed by atoms with E-state index >= 15 is 0 Å². The molecule has 1 aromatic rings. The van der Waals surface area contributed by atoms with Crippen LogP contribution in [0.2, 0.25) is 0 Å². The fraction of sp³-hybridized carbons (Fsp3) is 0.545. The standard InChI is InChI=1S/C11H17N5O3/c1-5-13-10(18)19-15-9(8(17)11(2,3)4)16-7-12-6-14-16/h6-7H,5H2,1-4H3,(H,13,18). The molecule has 0 unspecified atom stereocenters. The van der Waals surface area contributed by atoms with E-state index in [4.69, 9.17) is 0 Å². The van der Waals surface area contributed by atoms with E-state index in [0.29, 0.717) is 6.54 Å². The molecule has 0 aliphatic rings. The van der Waals surface area contributed by atoms with Crippen molar-refractivity contribution in [3.8, 4) is 0 Å². The van der Waals surface area contributed by atoms with E-state index in [9.17, 15) is 9.59 Å². The maximum Gasteiger partial charge on any atom is 0.433 e. The van der Waals surface area contributed by atoms with Crippen LogP contribution in [0.25, 0.3) is 0 Å². The smallest absolute Gasteiger partial charge is 0.320 e. The Labute approximate surface area is 110 Å². The van der Waals surface area contributed by atoms with Crippen LogP contribution in [0, 0.1) is 5.41 Å². The minimum absolute atomic E-state index is 0.101. The van der Waals surface area contributed by atoms with Crippen molar-refractivity contribution in [1.82, 2.24) is 20.1 Å². The summed E-state index contributed by atoms with van der Waals surface area (Å²) in [5, 5.41) is 9.78. The Hall–Kier alpha value is -2.25. The van der Waals surface area contributed by atoms with E-state index in [1.54, 1.807) is 27.7 Å². The third-order valence-corrected chi connectivity index (χ3v) is 2.06. The molecule has 19 heavy (non-hydrogen) atoms. The molecule has 1 aromatic heterocycles. The maximum absolute atomic E-state index is 12.2. The normalized spacial score (nSPS) is 12.1. The summed E-state index contributed by atoms with van der Waals surface area (Å²) in [4.78, 5) is 31.7. The van der Waals surface area contributed by atoms with E-state index < -0.39 is 11.5 Å². The van der Waals surface area contributed by atoms with Gasteiger partial charge in [0.1, 0.15) is 12.7 Å². The number of nitrogens with one attached hydrogen (secondary N) is 1. The van der Waals surface area contributed by atoms with Gasteiger partial charge in [-0.05, 0) is 12.1 Å². The summed E-state index contributed by atoms with van der Waals surface area (Å²) in [7, 11) is 0. The van der Waals surface area contributed by atoms with Crippen LogP contribution in [-0.4, -0.2) is 39.0 Å². The first-order valence-electron chi connectivity index (χ1n) is 5.79. The number of Topliss-reactive ketones (excluding diaryl/α,β-unsaturated/α-hetero) is 1. The average Bonchev–Trinajstić information content (AvgIpc) is 2.82. The second kappa shape index (κ2) is 6.07. The Morgan fingerprint density at radius 2 is 2.11 bits per heavy atom. The molecular weight excluding hydrogens is 250 g/mol. The monoisotopic (exact) mass is 267 g/mol. The molecule has 104 valence electrons. The van der Waals surface area contributed by atoms with Crippen molar-refractivity contribution in [3.05, 3.63) is 12.7 Å². The summed E-state index contributed by atoms with van der Waals surface area (Å²) < 4.78 is 1.16. The first kappa shape index (κ1) is 14.8. The van der Waals surface area contributed by atoms with Crippen LogP contribution in [0.5, 0.6) is 0 Å². The van der Waals surface area contributed by atoms with E-state index in [1.165, 1.54) is 12.7 Å². The van der Waals surface area contributed by atoms with Crippen molar-refractivity contribution in [1.29, 1.82) is 0 Å². The molecule has 8 heteroatoms. The van der Waals surface area contributed by atoms with Gasteiger partial charge in [0.15, 0.2) is 0 Å². The minimum atomic E-state index is -0.734. The van der Waals surface area contributed by atoms with Crippen LogP contribution in [0.4, 0.5) is 4.79 Å². The average molecular weight is 267 g/mol. The molecule has 0 saturated carbocycles. The molecule has 0 aliphatic carbocycles. The van der Waals surface area contributed by atoms with Crippen LogP contribution >= 0.6 is 0 Å². The predicted octanol–water partition coefficient (Wildman–Crippen LogP) is 0.801. The zero-order chi connectivity index (χ0) is 14.5. The zero-order valence-electron chi connectivity index (χ0n) is 11.4. The summed E-state index contributed by atoms with van der Waals surface area (Å²) in [5.41, 5.74) is -0.685. The molecule has 1 heterocycles. The number of rotatable bonds is 3. The Kier molecular flexibility index (Phi) is 4.74. The van der Waals surface area contributed by atoms with E-state index in [2.05, 4.69) is 25.4 Å². The molecule has 0 atom stereocenters. The molecule has 1 rings (SSSR count). The number of carbonyl (C=O) groups is 2. The van der Waals surface area contributed by atoms with Crippen LogP contribution in [0.15, 0.2) is 17.8 Å². The van der Waals surface area contributed by atoms with Gasteiger partial charge in [-0.2, -0.15) is 9.78 Å². The summed E-state index contributed by atoms with van der Waals surface area (Å²) in [5.74, 6) is -0.418. The number of nitrogens with zero attached hydrogens (tertiary/aromatic N) is 4. The highest BCUT2D eigenvalue weighted by atomic mass is 16.7. The number of ketones is 1. The summed E-state index contributed by atoms with van der Waals surface area (Å²) in [6, 6.07) is 0. The Morgan fingerprint density at radius 1 is 1.42 bits per heavy atom. The lowest BCUT2D eigenvalue weighted by molar-refractivity contribution is -0.120. The van der Waals surface area contributed by atoms with Crippen molar-refractivity contribution in [2.24, 2.45) is 10.6 Å². The van der Waals surface area contributed by atoms with Gasteiger partial charge in [-0.25, -0.2) is 9.78 Å². The van der Waals surface area contributed by atoms with Gasteiger partial charge in [-0.15, -0.1) is 0 Å². The van der Waals surface area contributed by atoms with Gasteiger partial charge in [-0.3, -0.25) is 9.63 Å². The molecule has 0 saturated heterocycles. The third-order valence-electron chi connectivity index (χ3n) is 2.06. The number of carbonyl (C=O) groups excluding carboxylic acids is 2. The lowest BCUT2D eigenvalue weighted by atomic mass is 9.90. The Morgan fingerprint density at radius 3 is 2.58 bits per heavy atom. The molecule has 0 fully saturated rings. The van der Waals surface area contributed by atoms with Crippen molar-refractivity contribution < 1.29 is 14.4 Å². The molecular formula is C11H17N5O3. The van der Waals surface area contributed by atoms with Gasteiger partial charge in [0.2, 0.25) is 11.6 Å². The molecule has 0 bridgehead atoms. The first-order chi connectivity index (χ1) is 8.86. The van der Waals surface area contributed by atoms with Crippen molar-refractivity contribution in [2.45, 2.75) is 27.7 Å². The van der Waals surface area contributed by atoms with E-state index in [0.717, 1.165) is 4.68 Å². The fourth-order valence-electron chi connectivity index (χ4n) is 1.10. The number of aromatic nitrogens is 3. The lowest BCUT2D eigenvalue weighted by Crippen LogP contribution is -2.34. The lowest BCUT2D eigenvalue weighted by Gasteiger charge is -2.16.